The number of rotatable bonds is 8. The predicted octanol–water partition coefficient (Wildman–Crippen LogP) is 2.29. The van der Waals surface area contributed by atoms with E-state index in [0.717, 1.165) is 17.7 Å². The van der Waals surface area contributed by atoms with Gasteiger partial charge >= 0.3 is 0 Å². The Kier molecular flexibility index (Phi) is 6.66. The number of nitrogens with two attached hydrogens (primary N) is 1. The zero-order valence-corrected chi connectivity index (χ0v) is 11.3. The van der Waals surface area contributed by atoms with Gasteiger partial charge in [-0.05, 0) is 31.5 Å². The van der Waals surface area contributed by atoms with Crippen molar-refractivity contribution in [2.45, 2.75) is 32.7 Å². The molecule has 1 atom stereocenters. The minimum Gasteiger partial charge on any atom is -0.383 e. The van der Waals surface area contributed by atoms with Gasteiger partial charge in [0.25, 0.3) is 6.43 Å². The van der Waals surface area contributed by atoms with Crippen LogP contribution < -0.4 is 11.1 Å². The average Bonchev–Trinajstić information content (AvgIpc) is 2.36. The molecule has 3 N–H and O–H groups in total. The zero-order chi connectivity index (χ0) is 14.3. The van der Waals surface area contributed by atoms with Crippen LogP contribution in [0.1, 0.15) is 30.5 Å². The number of aryl methyl sites for hydroxylation is 1. The lowest BCUT2D eigenvalue weighted by atomic mass is 10.0. The molecule has 0 saturated carbocycles. The molecule has 1 unspecified atom stereocenters. The van der Waals surface area contributed by atoms with Crippen molar-refractivity contribution in [3.63, 3.8) is 0 Å². The third-order valence-electron chi connectivity index (χ3n) is 2.71. The normalized spacial score (nSPS) is 12.9. The molecule has 0 spiro atoms. The SMILES string of the molecule is CCNC(CCOCC(F)F)c1cc(C)cnc1N. The van der Waals surface area contributed by atoms with Crippen molar-refractivity contribution in [1.82, 2.24) is 10.3 Å². The van der Waals surface area contributed by atoms with E-state index in [4.69, 9.17) is 10.5 Å². The molecule has 0 aliphatic carbocycles. The molecule has 0 aromatic carbocycles. The maximum Gasteiger partial charge on any atom is 0.261 e. The molecule has 0 saturated heterocycles. The lowest BCUT2D eigenvalue weighted by Crippen LogP contribution is -2.24. The molecule has 0 aliphatic rings. The maximum atomic E-state index is 12.0. The van der Waals surface area contributed by atoms with Gasteiger partial charge in [-0.25, -0.2) is 13.8 Å². The number of nitrogens with one attached hydrogen (secondary N) is 1. The summed E-state index contributed by atoms with van der Waals surface area (Å²) >= 11 is 0. The number of anilines is 1. The topological polar surface area (TPSA) is 60.2 Å². The van der Waals surface area contributed by atoms with Gasteiger partial charge < -0.3 is 15.8 Å². The van der Waals surface area contributed by atoms with Gasteiger partial charge in [0.05, 0.1) is 0 Å². The first-order chi connectivity index (χ1) is 9.04. The van der Waals surface area contributed by atoms with Gasteiger partial charge in [-0.2, -0.15) is 0 Å². The van der Waals surface area contributed by atoms with Gasteiger partial charge in [0, 0.05) is 24.4 Å². The van der Waals surface area contributed by atoms with Crippen LogP contribution in [0.3, 0.4) is 0 Å². The minimum atomic E-state index is -2.43. The van der Waals surface area contributed by atoms with E-state index in [9.17, 15) is 8.78 Å². The molecule has 1 aromatic heterocycles. The van der Waals surface area contributed by atoms with Crippen LogP contribution in [-0.4, -0.2) is 31.2 Å². The van der Waals surface area contributed by atoms with Crippen molar-refractivity contribution in [3.05, 3.63) is 23.4 Å². The zero-order valence-electron chi connectivity index (χ0n) is 11.3. The van der Waals surface area contributed by atoms with Gasteiger partial charge in [0.1, 0.15) is 12.4 Å². The summed E-state index contributed by atoms with van der Waals surface area (Å²) < 4.78 is 28.9. The van der Waals surface area contributed by atoms with E-state index < -0.39 is 13.0 Å². The van der Waals surface area contributed by atoms with Crippen molar-refractivity contribution in [1.29, 1.82) is 0 Å². The molecule has 6 heteroatoms. The van der Waals surface area contributed by atoms with E-state index in [-0.39, 0.29) is 12.6 Å². The van der Waals surface area contributed by atoms with Crippen molar-refractivity contribution in [3.8, 4) is 0 Å². The molecule has 1 rings (SSSR count). The molecule has 108 valence electrons. The highest BCUT2D eigenvalue weighted by molar-refractivity contribution is 5.42. The summed E-state index contributed by atoms with van der Waals surface area (Å²) in [7, 11) is 0. The Labute approximate surface area is 112 Å². The fraction of sp³-hybridized carbons (Fsp3) is 0.615. The summed E-state index contributed by atoms with van der Waals surface area (Å²) in [5.41, 5.74) is 7.77. The van der Waals surface area contributed by atoms with Crippen LogP contribution in [-0.2, 0) is 4.74 Å². The predicted molar refractivity (Wildman–Crippen MR) is 71.2 cm³/mol. The molecule has 0 fully saturated rings. The van der Waals surface area contributed by atoms with Crippen LogP contribution in [0.5, 0.6) is 0 Å². The largest absolute Gasteiger partial charge is 0.383 e. The Morgan fingerprint density at radius 2 is 2.21 bits per heavy atom. The fourth-order valence-corrected chi connectivity index (χ4v) is 1.87. The molecule has 0 radical (unpaired) electrons. The molecule has 4 nitrogen and oxygen atoms in total. The number of pyridine rings is 1. The van der Waals surface area contributed by atoms with E-state index in [1.165, 1.54) is 0 Å². The number of nitrogen functional groups attached to an aromatic ring is 1. The van der Waals surface area contributed by atoms with Crippen LogP contribution in [0.4, 0.5) is 14.6 Å². The number of alkyl halides is 2. The summed E-state index contributed by atoms with van der Waals surface area (Å²) in [5, 5.41) is 3.27. The molecule has 0 amide bonds. The summed E-state index contributed by atoms with van der Waals surface area (Å²) in [6.45, 7) is 4.40. The maximum absolute atomic E-state index is 12.0. The average molecular weight is 273 g/mol. The smallest absolute Gasteiger partial charge is 0.261 e. The van der Waals surface area contributed by atoms with Crippen molar-refractivity contribution in [2.24, 2.45) is 0 Å². The number of hydrogen-bond acceptors (Lipinski definition) is 4. The van der Waals surface area contributed by atoms with Gasteiger partial charge in [0.2, 0.25) is 0 Å². The number of hydrogen-bond donors (Lipinski definition) is 2. The Morgan fingerprint density at radius 3 is 2.84 bits per heavy atom. The summed E-state index contributed by atoms with van der Waals surface area (Å²) in [6, 6.07) is 1.93. The Bertz CT molecular complexity index is 388. The fourth-order valence-electron chi connectivity index (χ4n) is 1.87. The highest BCUT2D eigenvalue weighted by Gasteiger charge is 2.14. The lowest BCUT2D eigenvalue weighted by Gasteiger charge is -2.20. The number of aromatic nitrogens is 1. The molecule has 1 aromatic rings. The van der Waals surface area contributed by atoms with Crippen LogP contribution in [0.25, 0.3) is 0 Å². The second-order valence-electron chi connectivity index (χ2n) is 4.35. The number of nitrogens with zero attached hydrogens (tertiary/aromatic N) is 1. The Hall–Kier alpha value is -1.27. The third kappa shape index (κ3) is 5.48. The van der Waals surface area contributed by atoms with E-state index in [0.29, 0.717) is 12.2 Å². The van der Waals surface area contributed by atoms with E-state index in [1.54, 1.807) is 6.20 Å². The molecular formula is C13H21F2N3O. The highest BCUT2D eigenvalue weighted by Crippen LogP contribution is 2.22. The Morgan fingerprint density at radius 1 is 1.47 bits per heavy atom. The van der Waals surface area contributed by atoms with E-state index >= 15 is 0 Å². The van der Waals surface area contributed by atoms with Crippen LogP contribution >= 0.6 is 0 Å². The first-order valence-corrected chi connectivity index (χ1v) is 6.35. The second kappa shape index (κ2) is 8.01. The number of ether oxygens (including phenoxy) is 1. The third-order valence-corrected chi connectivity index (χ3v) is 2.71. The molecule has 0 aliphatic heterocycles. The quantitative estimate of drug-likeness (QED) is 0.713. The van der Waals surface area contributed by atoms with E-state index in [1.807, 2.05) is 19.9 Å². The summed E-state index contributed by atoms with van der Waals surface area (Å²) in [4.78, 5) is 4.12. The first kappa shape index (κ1) is 15.8. The molecule has 0 bridgehead atoms. The van der Waals surface area contributed by atoms with Gasteiger partial charge in [-0.15, -0.1) is 0 Å². The minimum absolute atomic E-state index is 0.0323. The second-order valence-corrected chi connectivity index (χ2v) is 4.35. The van der Waals surface area contributed by atoms with Crippen LogP contribution in [0.15, 0.2) is 12.3 Å². The van der Waals surface area contributed by atoms with Crippen molar-refractivity contribution in [2.75, 3.05) is 25.5 Å². The van der Waals surface area contributed by atoms with Crippen molar-refractivity contribution < 1.29 is 13.5 Å². The Balaban J connectivity index is 2.63. The number of halogens is 2. The summed E-state index contributed by atoms with van der Waals surface area (Å²) in [6.07, 6.45) is -0.145. The van der Waals surface area contributed by atoms with Gasteiger partial charge in [0.15, 0.2) is 0 Å². The lowest BCUT2D eigenvalue weighted by molar-refractivity contribution is 0.0144. The standard InChI is InChI=1S/C13H21F2N3O/c1-3-17-11(4-5-19-8-12(14)15)10-6-9(2)7-18-13(10)16/h6-7,11-12,17H,3-5,8H2,1-2H3,(H2,16,18). The van der Waals surface area contributed by atoms with Crippen LogP contribution in [0.2, 0.25) is 0 Å². The summed E-state index contributed by atoms with van der Waals surface area (Å²) in [5.74, 6) is 0.463. The first-order valence-electron chi connectivity index (χ1n) is 6.35. The van der Waals surface area contributed by atoms with E-state index in [2.05, 4.69) is 10.3 Å². The highest BCUT2D eigenvalue weighted by atomic mass is 19.3. The van der Waals surface area contributed by atoms with Crippen molar-refractivity contribution >= 4 is 5.82 Å². The molecule has 19 heavy (non-hydrogen) atoms. The monoisotopic (exact) mass is 273 g/mol. The molecular weight excluding hydrogens is 252 g/mol. The van der Waals surface area contributed by atoms with Crippen LogP contribution in [0, 0.1) is 6.92 Å². The molecule has 1 heterocycles. The van der Waals surface area contributed by atoms with Gasteiger partial charge in [-0.3, -0.25) is 0 Å². The van der Waals surface area contributed by atoms with Gasteiger partial charge in [-0.1, -0.05) is 6.92 Å².